The van der Waals surface area contributed by atoms with E-state index in [1.807, 2.05) is 0 Å². The van der Waals surface area contributed by atoms with Crippen molar-refractivity contribution in [1.82, 2.24) is 9.97 Å². The lowest BCUT2D eigenvalue weighted by Gasteiger charge is -2.13. The van der Waals surface area contributed by atoms with Gasteiger partial charge in [0.25, 0.3) is 0 Å². The van der Waals surface area contributed by atoms with E-state index in [9.17, 15) is 30.7 Å². The van der Waals surface area contributed by atoms with Crippen molar-refractivity contribution in [3.05, 3.63) is 82.0 Å². The summed E-state index contributed by atoms with van der Waals surface area (Å²) in [5.41, 5.74) is -1.95. The molecular formula is C19H11ClF7N3. The monoisotopic (exact) mass is 449 g/mol. The molecule has 2 aromatic carbocycles. The normalized spacial score (nSPS) is 12.1. The van der Waals surface area contributed by atoms with Crippen LogP contribution >= 0.6 is 11.6 Å². The summed E-state index contributed by atoms with van der Waals surface area (Å²) in [5, 5.41) is 2.20. The average molecular weight is 450 g/mol. The van der Waals surface area contributed by atoms with Gasteiger partial charge in [-0.2, -0.15) is 26.3 Å². The lowest BCUT2D eigenvalue weighted by molar-refractivity contribution is -0.140. The molecule has 0 saturated carbocycles. The highest BCUT2D eigenvalue weighted by Gasteiger charge is 2.34. The Morgan fingerprint density at radius 3 is 2.20 bits per heavy atom. The fraction of sp³-hybridized carbons (Fsp3) is 0.158. The van der Waals surface area contributed by atoms with E-state index in [-0.39, 0.29) is 29.2 Å². The number of nitrogens with one attached hydrogen (secondary N) is 1. The first-order valence-corrected chi connectivity index (χ1v) is 8.61. The molecular weight excluding hydrogens is 439 g/mol. The molecule has 30 heavy (non-hydrogen) atoms. The summed E-state index contributed by atoms with van der Waals surface area (Å²) >= 11 is 5.58. The number of halogens is 8. The van der Waals surface area contributed by atoms with Crippen LogP contribution in [0.4, 0.5) is 42.2 Å². The number of aromatic nitrogens is 2. The van der Waals surface area contributed by atoms with Crippen LogP contribution in [0.1, 0.15) is 22.4 Å². The largest absolute Gasteiger partial charge is 0.419 e. The Labute approximate surface area is 170 Å². The zero-order valence-corrected chi connectivity index (χ0v) is 15.5. The zero-order chi connectivity index (χ0) is 22.1. The molecule has 0 spiro atoms. The smallest absolute Gasteiger partial charge is 0.340 e. The summed E-state index contributed by atoms with van der Waals surface area (Å²) in [6.07, 6.45) is -8.46. The van der Waals surface area contributed by atoms with Gasteiger partial charge in [0.1, 0.15) is 18.0 Å². The standard InChI is InChI=1S/C19H11ClF7N3/c20-15-3-2-11(7-13(15)18(22,23)24)30-17-8-12(28-9-29-17)5-10-1-4-16(21)14(6-10)19(25,26)27/h1-4,6-9H,5H2,(H,28,29,30). The Morgan fingerprint density at radius 1 is 0.833 bits per heavy atom. The van der Waals surface area contributed by atoms with Crippen LogP contribution in [0.15, 0.2) is 48.8 Å². The Kier molecular flexibility index (Phi) is 5.89. The van der Waals surface area contributed by atoms with Crippen LogP contribution in [-0.4, -0.2) is 9.97 Å². The molecule has 0 atom stereocenters. The maximum atomic E-state index is 13.4. The van der Waals surface area contributed by atoms with Crippen LogP contribution in [0.3, 0.4) is 0 Å². The first-order chi connectivity index (χ1) is 13.9. The van der Waals surface area contributed by atoms with Crippen molar-refractivity contribution in [2.24, 2.45) is 0 Å². The average Bonchev–Trinajstić information content (AvgIpc) is 2.63. The van der Waals surface area contributed by atoms with Gasteiger partial charge < -0.3 is 5.32 Å². The molecule has 1 aromatic heterocycles. The van der Waals surface area contributed by atoms with Gasteiger partial charge in [0.2, 0.25) is 0 Å². The number of hydrogen-bond donors (Lipinski definition) is 1. The van der Waals surface area contributed by atoms with Gasteiger partial charge in [-0.3, -0.25) is 0 Å². The molecule has 0 fully saturated rings. The number of alkyl halides is 6. The molecule has 158 valence electrons. The molecule has 0 amide bonds. The zero-order valence-electron chi connectivity index (χ0n) is 14.7. The molecule has 0 unspecified atom stereocenters. The SMILES string of the molecule is Fc1ccc(Cc2cc(Nc3ccc(Cl)c(C(F)(F)F)c3)ncn2)cc1C(F)(F)F. The second-order valence-corrected chi connectivity index (χ2v) is 6.61. The molecule has 3 aromatic rings. The van der Waals surface area contributed by atoms with E-state index in [2.05, 4.69) is 15.3 Å². The molecule has 1 N–H and O–H groups in total. The summed E-state index contributed by atoms with van der Waals surface area (Å²) in [6.45, 7) is 0. The molecule has 0 bridgehead atoms. The van der Waals surface area contributed by atoms with Crippen LogP contribution in [-0.2, 0) is 18.8 Å². The fourth-order valence-electron chi connectivity index (χ4n) is 2.64. The van der Waals surface area contributed by atoms with Crippen molar-refractivity contribution in [2.75, 3.05) is 5.32 Å². The summed E-state index contributed by atoms with van der Waals surface area (Å²) < 4.78 is 90.9. The van der Waals surface area contributed by atoms with Crippen molar-refractivity contribution >= 4 is 23.1 Å². The molecule has 11 heteroatoms. The lowest BCUT2D eigenvalue weighted by atomic mass is 10.1. The van der Waals surface area contributed by atoms with E-state index in [1.165, 1.54) is 18.2 Å². The third-order valence-electron chi connectivity index (χ3n) is 3.99. The predicted octanol–water partition coefficient (Wildman–Crippen LogP) is 6.64. The van der Waals surface area contributed by atoms with Crippen LogP contribution in [0.2, 0.25) is 5.02 Å². The minimum Gasteiger partial charge on any atom is -0.340 e. The lowest BCUT2D eigenvalue weighted by Crippen LogP contribution is -2.09. The van der Waals surface area contributed by atoms with Crippen LogP contribution in [0.5, 0.6) is 0 Å². The first kappa shape index (κ1) is 21.8. The topological polar surface area (TPSA) is 37.8 Å². The van der Waals surface area contributed by atoms with E-state index >= 15 is 0 Å². The maximum Gasteiger partial charge on any atom is 0.419 e. The van der Waals surface area contributed by atoms with Gasteiger partial charge in [0.15, 0.2) is 0 Å². The minimum absolute atomic E-state index is 0.0533. The number of benzene rings is 2. The van der Waals surface area contributed by atoms with Crippen molar-refractivity contribution in [3.63, 3.8) is 0 Å². The number of rotatable bonds is 4. The van der Waals surface area contributed by atoms with Crippen LogP contribution in [0.25, 0.3) is 0 Å². The van der Waals surface area contributed by atoms with Crippen LogP contribution < -0.4 is 5.32 Å². The van der Waals surface area contributed by atoms with Gasteiger partial charge in [0, 0.05) is 18.2 Å². The van der Waals surface area contributed by atoms with Gasteiger partial charge in [-0.1, -0.05) is 17.7 Å². The molecule has 0 aliphatic rings. The summed E-state index contributed by atoms with van der Waals surface area (Å²) in [6, 6.07) is 7.14. The third-order valence-corrected chi connectivity index (χ3v) is 4.32. The molecule has 0 saturated heterocycles. The molecule has 0 radical (unpaired) electrons. The van der Waals surface area contributed by atoms with Crippen molar-refractivity contribution in [3.8, 4) is 0 Å². The van der Waals surface area contributed by atoms with E-state index in [4.69, 9.17) is 11.6 Å². The van der Waals surface area contributed by atoms with E-state index in [0.29, 0.717) is 12.1 Å². The Morgan fingerprint density at radius 2 is 1.53 bits per heavy atom. The maximum absolute atomic E-state index is 13.4. The van der Waals surface area contributed by atoms with Gasteiger partial charge in [0.05, 0.1) is 21.8 Å². The number of anilines is 2. The summed E-state index contributed by atoms with van der Waals surface area (Å²) in [4.78, 5) is 7.82. The van der Waals surface area contributed by atoms with E-state index in [1.54, 1.807) is 0 Å². The molecule has 3 nitrogen and oxygen atoms in total. The Balaban J connectivity index is 1.83. The van der Waals surface area contributed by atoms with Crippen molar-refractivity contribution < 1.29 is 30.7 Å². The highest BCUT2D eigenvalue weighted by molar-refractivity contribution is 6.31. The Bertz CT molecular complexity index is 984. The molecule has 1 heterocycles. The fourth-order valence-corrected chi connectivity index (χ4v) is 2.86. The van der Waals surface area contributed by atoms with E-state index < -0.39 is 34.3 Å². The summed E-state index contributed by atoms with van der Waals surface area (Å²) in [7, 11) is 0. The van der Waals surface area contributed by atoms with E-state index in [0.717, 1.165) is 18.5 Å². The van der Waals surface area contributed by atoms with Gasteiger partial charge >= 0.3 is 12.4 Å². The first-order valence-electron chi connectivity index (χ1n) is 8.24. The molecule has 0 aliphatic carbocycles. The highest BCUT2D eigenvalue weighted by atomic mass is 35.5. The highest BCUT2D eigenvalue weighted by Crippen LogP contribution is 2.36. The minimum atomic E-state index is -4.84. The van der Waals surface area contributed by atoms with Gasteiger partial charge in [-0.15, -0.1) is 0 Å². The second-order valence-electron chi connectivity index (χ2n) is 6.20. The van der Waals surface area contributed by atoms with Crippen molar-refractivity contribution in [1.29, 1.82) is 0 Å². The summed E-state index contributed by atoms with van der Waals surface area (Å²) in [5.74, 6) is -1.27. The quantitative estimate of drug-likeness (QED) is 0.454. The van der Waals surface area contributed by atoms with Crippen LogP contribution in [0, 0.1) is 5.82 Å². The number of hydrogen-bond acceptors (Lipinski definition) is 3. The van der Waals surface area contributed by atoms with Crippen molar-refractivity contribution in [2.45, 2.75) is 18.8 Å². The van der Waals surface area contributed by atoms with Gasteiger partial charge in [-0.25, -0.2) is 14.4 Å². The molecule has 0 aliphatic heterocycles. The molecule has 3 rings (SSSR count). The second kappa shape index (κ2) is 8.10. The number of nitrogens with zero attached hydrogens (tertiary/aromatic N) is 2. The van der Waals surface area contributed by atoms with Gasteiger partial charge in [-0.05, 0) is 35.9 Å². The Hall–Kier alpha value is -2.88. The predicted molar refractivity (Wildman–Crippen MR) is 96.0 cm³/mol. The third kappa shape index (κ3) is 5.18.